The van der Waals surface area contributed by atoms with Crippen molar-refractivity contribution in [1.29, 1.82) is 0 Å². The summed E-state index contributed by atoms with van der Waals surface area (Å²) in [6.45, 7) is 0. The Bertz CT molecular complexity index is 189. The van der Waals surface area contributed by atoms with E-state index in [9.17, 15) is 13.6 Å². The van der Waals surface area contributed by atoms with Gasteiger partial charge in [-0.1, -0.05) is 0 Å². The number of carbonyl (C=O) groups is 1. The zero-order valence-corrected chi connectivity index (χ0v) is 7.02. The summed E-state index contributed by atoms with van der Waals surface area (Å²) >= 11 is 0. The molecule has 0 radical (unpaired) electrons. The van der Waals surface area contributed by atoms with Crippen LogP contribution in [0, 0.1) is 0 Å². The van der Waals surface area contributed by atoms with E-state index < -0.39 is 12.0 Å². The van der Waals surface area contributed by atoms with Crippen LogP contribution in [0.3, 0.4) is 0 Å². The molecule has 6 heteroatoms. The van der Waals surface area contributed by atoms with E-state index in [2.05, 4.69) is 5.43 Å². The van der Waals surface area contributed by atoms with Crippen molar-refractivity contribution in [1.82, 2.24) is 10.9 Å². The molecule has 0 atom stereocenters. The van der Waals surface area contributed by atoms with E-state index >= 15 is 0 Å². The molecule has 0 aromatic heterocycles. The lowest BCUT2D eigenvalue weighted by Crippen LogP contribution is -2.46. The quantitative estimate of drug-likeness (QED) is 0.581. The maximum absolute atomic E-state index is 12.6. The number of rotatable bonds is 2. The van der Waals surface area contributed by atoms with Crippen LogP contribution in [0.2, 0.25) is 0 Å². The van der Waals surface area contributed by atoms with Crippen molar-refractivity contribution in [2.45, 2.75) is 37.6 Å². The predicted octanol–water partition coefficient (Wildman–Crippen LogP) is 1.34. The van der Waals surface area contributed by atoms with Crippen molar-refractivity contribution < 1.29 is 18.7 Å². The van der Waals surface area contributed by atoms with Gasteiger partial charge in [0.15, 0.2) is 0 Å². The number of hydrazine groups is 1. The highest BCUT2D eigenvalue weighted by Crippen LogP contribution is 2.32. The van der Waals surface area contributed by atoms with E-state index in [-0.39, 0.29) is 18.9 Å². The lowest BCUT2D eigenvalue weighted by Gasteiger charge is -2.28. The van der Waals surface area contributed by atoms with Crippen molar-refractivity contribution in [2.75, 3.05) is 0 Å². The van der Waals surface area contributed by atoms with Crippen LogP contribution in [0.1, 0.15) is 25.7 Å². The van der Waals surface area contributed by atoms with E-state index in [1.165, 1.54) is 0 Å². The van der Waals surface area contributed by atoms with Crippen LogP contribution in [-0.4, -0.2) is 23.2 Å². The fourth-order valence-corrected chi connectivity index (χ4v) is 1.35. The lowest BCUT2D eigenvalue weighted by atomic mass is 9.93. The Labute approximate surface area is 74.3 Å². The number of alkyl halides is 2. The molecule has 13 heavy (non-hydrogen) atoms. The Morgan fingerprint density at radius 3 is 2.38 bits per heavy atom. The minimum Gasteiger partial charge on any atom is -0.464 e. The van der Waals surface area contributed by atoms with Crippen molar-refractivity contribution in [3.63, 3.8) is 0 Å². The summed E-state index contributed by atoms with van der Waals surface area (Å²) in [6.07, 6.45) is -0.948. The number of amides is 1. The Morgan fingerprint density at radius 2 is 1.92 bits per heavy atom. The van der Waals surface area contributed by atoms with Gasteiger partial charge < -0.3 is 5.11 Å². The van der Waals surface area contributed by atoms with Crippen molar-refractivity contribution in [3.8, 4) is 0 Å². The van der Waals surface area contributed by atoms with Gasteiger partial charge in [-0.2, -0.15) is 0 Å². The molecule has 1 aliphatic rings. The van der Waals surface area contributed by atoms with E-state index in [1.54, 1.807) is 0 Å². The molecular weight excluding hydrogens is 182 g/mol. The van der Waals surface area contributed by atoms with Crippen molar-refractivity contribution >= 4 is 6.09 Å². The number of hydrogen-bond acceptors (Lipinski definition) is 2. The third kappa shape index (κ3) is 3.54. The smallest absolute Gasteiger partial charge is 0.419 e. The van der Waals surface area contributed by atoms with Gasteiger partial charge in [-0.25, -0.2) is 19.0 Å². The van der Waals surface area contributed by atoms with Gasteiger partial charge in [-0.05, 0) is 12.8 Å². The zero-order valence-electron chi connectivity index (χ0n) is 7.02. The molecule has 1 rings (SSSR count). The van der Waals surface area contributed by atoms with Gasteiger partial charge in [0.05, 0.1) is 0 Å². The minimum atomic E-state index is -2.57. The Kier molecular flexibility index (Phi) is 3.02. The first-order valence-electron chi connectivity index (χ1n) is 4.12. The first-order valence-corrected chi connectivity index (χ1v) is 4.12. The Balaban J connectivity index is 2.21. The Hall–Kier alpha value is -0.910. The van der Waals surface area contributed by atoms with Crippen LogP contribution in [0.5, 0.6) is 0 Å². The molecule has 0 aromatic rings. The molecule has 0 aliphatic heterocycles. The van der Waals surface area contributed by atoms with Gasteiger partial charge in [-0.3, -0.25) is 5.43 Å². The van der Waals surface area contributed by atoms with Gasteiger partial charge in [0.25, 0.3) is 0 Å². The topological polar surface area (TPSA) is 61.4 Å². The van der Waals surface area contributed by atoms with Gasteiger partial charge >= 0.3 is 6.09 Å². The molecule has 1 amide bonds. The second-order valence-corrected chi connectivity index (χ2v) is 3.20. The average Bonchev–Trinajstić information content (AvgIpc) is 2.02. The molecule has 76 valence electrons. The highest BCUT2D eigenvalue weighted by atomic mass is 19.3. The van der Waals surface area contributed by atoms with Crippen LogP contribution >= 0.6 is 0 Å². The molecule has 0 bridgehead atoms. The predicted molar refractivity (Wildman–Crippen MR) is 41.5 cm³/mol. The second kappa shape index (κ2) is 3.87. The molecule has 0 heterocycles. The van der Waals surface area contributed by atoms with Crippen LogP contribution in [0.4, 0.5) is 13.6 Å². The normalized spacial score (nSPS) is 22.6. The summed E-state index contributed by atoms with van der Waals surface area (Å²) < 4.78 is 25.2. The molecule has 0 spiro atoms. The first kappa shape index (κ1) is 10.2. The number of hydrogen-bond donors (Lipinski definition) is 3. The molecule has 0 aromatic carbocycles. The number of carboxylic acid groups (broad SMARTS) is 1. The number of halogens is 2. The van der Waals surface area contributed by atoms with Crippen LogP contribution < -0.4 is 10.9 Å². The third-order valence-electron chi connectivity index (χ3n) is 2.10. The van der Waals surface area contributed by atoms with Crippen molar-refractivity contribution in [3.05, 3.63) is 0 Å². The van der Waals surface area contributed by atoms with Gasteiger partial charge in [-0.15, -0.1) is 0 Å². The largest absolute Gasteiger partial charge is 0.464 e. The van der Waals surface area contributed by atoms with Gasteiger partial charge in [0, 0.05) is 18.9 Å². The van der Waals surface area contributed by atoms with Gasteiger partial charge in [0.1, 0.15) is 0 Å². The highest BCUT2D eigenvalue weighted by molar-refractivity contribution is 5.63. The Morgan fingerprint density at radius 1 is 1.38 bits per heavy atom. The summed E-state index contributed by atoms with van der Waals surface area (Å²) in [4.78, 5) is 10.0. The molecule has 4 nitrogen and oxygen atoms in total. The molecule has 1 saturated carbocycles. The van der Waals surface area contributed by atoms with E-state index in [0.717, 1.165) is 0 Å². The van der Waals surface area contributed by atoms with E-state index in [1.807, 2.05) is 5.43 Å². The molecular formula is C7H12F2N2O2. The van der Waals surface area contributed by atoms with Crippen molar-refractivity contribution in [2.24, 2.45) is 0 Å². The SMILES string of the molecule is O=C(O)NNC1CCC(F)(F)CC1. The van der Waals surface area contributed by atoms with Gasteiger partial charge in [0.2, 0.25) is 5.92 Å². The van der Waals surface area contributed by atoms with E-state index in [0.29, 0.717) is 12.8 Å². The first-order chi connectivity index (χ1) is 5.99. The fourth-order valence-electron chi connectivity index (χ4n) is 1.35. The highest BCUT2D eigenvalue weighted by Gasteiger charge is 2.34. The van der Waals surface area contributed by atoms with Crippen LogP contribution in [0.25, 0.3) is 0 Å². The maximum atomic E-state index is 12.6. The molecule has 3 N–H and O–H groups in total. The molecule has 0 saturated heterocycles. The fraction of sp³-hybridized carbons (Fsp3) is 0.857. The molecule has 1 aliphatic carbocycles. The van der Waals surface area contributed by atoms with E-state index in [4.69, 9.17) is 5.11 Å². The van der Waals surface area contributed by atoms with Crippen LogP contribution in [-0.2, 0) is 0 Å². The summed E-state index contributed by atoms with van der Waals surface area (Å²) in [6, 6.07) is -0.171. The summed E-state index contributed by atoms with van der Waals surface area (Å²) in [7, 11) is 0. The zero-order chi connectivity index (χ0) is 9.90. The summed E-state index contributed by atoms with van der Waals surface area (Å²) in [5.74, 6) is -2.57. The lowest BCUT2D eigenvalue weighted by molar-refractivity contribution is -0.0411. The number of nitrogens with one attached hydrogen (secondary N) is 2. The monoisotopic (exact) mass is 194 g/mol. The summed E-state index contributed by atoms with van der Waals surface area (Å²) in [5, 5.41) is 8.23. The second-order valence-electron chi connectivity index (χ2n) is 3.20. The van der Waals surface area contributed by atoms with Crippen LogP contribution in [0.15, 0.2) is 0 Å². The third-order valence-corrected chi connectivity index (χ3v) is 2.10. The minimum absolute atomic E-state index is 0.171. The molecule has 1 fully saturated rings. The maximum Gasteiger partial charge on any atom is 0.419 e. The summed E-state index contributed by atoms with van der Waals surface area (Å²) in [5.41, 5.74) is 4.44. The molecule has 0 unspecified atom stereocenters. The average molecular weight is 194 g/mol. The standard InChI is InChI=1S/C7H12F2N2O2/c8-7(9)3-1-5(2-4-7)10-11-6(12)13/h5,10-11H,1-4H2,(H,12,13).